The monoisotopic (exact) mass is 295 g/mol. The molecule has 0 saturated heterocycles. The Kier molecular flexibility index (Phi) is 4.13. The minimum Gasteiger partial charge on any atom is -0.454 e. The summed E-state index contributed by atoms with van der Waals surface area (Å²) in [6.45, 7) is 1.43. The number of aliphatic hydroxyl groups is 1. The van der Waals surface area contributed by atoms with Gasteiger partial charge in [0.2, 0.25) is 5.82 Å². The highest BCUT2D eigenvalue weighted by molar-refractivity contribution is 5.43. The van der Waals surface area contributed by atoms with Gasteiger partial charge in [-0.15, -0.1) is 0 Å². The summed E-state index contributed by atoms with van der Waals surface area (Å²) in [6.07, 6.45) is -0.987. The van der Waals surface area contributed by atoms with E-state index in [9.17, 15) is 24.0 Å². The fourth-order valence-electron chi connectivity index (χ4n) is 1.78. The molecule has 2 aromatic rings. The molecule has 5 nitrogen and oxygen atoms in total. The summed E-state index contributed by atoms with van der Waals surface area (Å²) in [5.74, 6) is -2.18. The van der Waals surface area contributed by atoms with Gasteiger partial charge in [-0.2, -0.15) is 4.39 Å². The number of hydrogen-bond donors (Lipinski definition) is 1. The van der Waals surface area contributed by atoms with Crippen LogP contribution in [-0.2, 0) is 0 Å². The topological polar surface area (TPSA) is 72.6 Å². The number of rotatable bonds is 4. The molecule has 0 fully saturated rings. The molecule has 0 saturated carbocycles. The third-order valence-electron chi connectivity index (χ3n) is 2.78. The zero-order valence-corrected chi connectivity index (χ0v) is 10.9. The van der Waals surface area contributed by atoms with E-state index in [1.165, 1.54) is 19.1 Å². The highest BCUT2D eigenvalue weighted by Crippen LogP contribution is 2.33. The first-order valence-electron chi connectivity index (χ1n) is 5.98. The smallest absolute Gasteiger partial charge is 0.305 e. The van der Waals surface area contributed by atoms with E-state index in [-0.39, 0.29) is 17.1 Å². The van der Waals surface area contributed by atoms with Crippen molar-refractivity contribution in [3.63, 3.8) is 0 Å². The van der Waals surface area contributed by atoms with Crippen molar-refractivity contribution in [2.24, 2.45) is 0 Å². The zero-order valence-electron chi connectivity index (χ0n) is 10.9. The lowest BCUT2D eigenvalue weighted by Crippen LogP contribution is -1.99. The summed E-state index contributed by atoms with van der Waals surface area (Å²) in [5, 5.41) is 20.1. The van der Waals surface area contributed by atoms with Crippen LogP contribution in [0.15, 0.2) is 36.4 Å². The number of aliphatic hydroxyl groups excluding tert-OH is 1. The highest BCUT2D eigenvalue weighted by Gasteiger charge is 2.18. The van der Waals surface area contributed by atoms with Crippen LogP contribution in [0.5, 0.6) is 11.5 Å². The molecule has 0 heterocycles. The first-order chi connectivity index (χ1) is 9.90. The predicted molar refractivity (Wildman–Crippen MR) is 70.2 cm³/mol. The number of halogens is 2. The summed E-state index contributed by atoms with van der Waals surface area (Å²) in [5.41, 5.74) is -0.514. The molecule has 0 spiro atoms. The Hall–Kier alpha value is -2.54. The molecule has 0 radical (unpaired) electrons. The van der Waals surface area contributed by atoms with E-state index in [0.717, 1.165) is 24.3 Å². The van der Waals surface area contributed by atoms with Crippen LogP contribution in [0.25, 0.3) is 0 Å². The number of para-hydroxylation sites is 1. The lowest BCUT2D eigenvalue weighted by Gasteiger charge is -2.13. The minimum atomic E-state index is -1.09. The van der Waals surface area contributed by atoms with E-state index >= 15 is 0 Å². The van der Waals surface area contributed by atoms with E-state index in [1.807, 2.05) is 0 Å². The average molecular weight is 295 g/mol. The number of nitro groups is 1. The second-order valence-electron chi connectivity index (χ2n) is 4.31. The normalized spacial score (nSPS) is 12.0. The molecule has 0 aliphatic carbocycles. The molecule has 110 valence electrons. The van der Waals surface area contributed by atoms with Crippen molar-refractivity contribution in [1.29, 1.82) is 0 Å². The molecular formula is C14H11F2NO4. The van der Waals surface area contributed by atoms with Crippen LogP contribution >= 0.6 is 0 Å². The van der Waals surface area contributed by atoms with Crippen molar-refractivity contribution in [3.8, 4) is 11.5 Å². The third kappa shape index (κ3) is 3.14. The van der Waals surface area contributed by atoms with Gasteiger partial charge in [0.1, 0.15) is 5.75 Å². The molecule has 1 N–H and O–H groups in total. The van der Waals surface area contributed by atoms with Gasteiger partial charge in [0.15, 0.2) is 11.6 Å². The molecule has 2 rings (SSSR count). The maximum Gasteiger partial charge on any atom is 0.305 e. The van der Waals surface area contributed by atoms with Gasteiger partial charge in [0.05, 0.1) is 11.0 Å². The molecule has 0 unspecified atom stereocenters. The van der Waals surface area contributed by atoms with Crippen LogP contribution in [0.1, 0.15) is 18.6 Å². The van der Waals surface area contributed by atoms with Crippen molar-refractivity contribution in [2.75, 3.05) is 0 Å². The Bertz CT molecular complexity index is 689. The standard InChI is InChI=1S/C14H11F2NO4/c1-8(18)10-3-2-4-11(15)14(10)21-9-5-6-13(17(19)20)12(16)7-9/h2-8,18H,1H3/t8-/m0/s1. The summed E-state index contributed by atoms with van der Waals surface area (Å²) in [6, 6.07) is 6.86. The maximum absolute atomic E-state index is 13.8. The maximum atomic E-state index is 13.8. The van der Waals surface area contributed by atoms with E-state index in [4.69, 9.17) is 4.74 Å². The summed E-state index contributed by atoms with van der Waals surface area (Å²) < 4.78 is 32.5. The molecule has 1 atom stereocenters. The molecule has 0 aliphatic rings. The van der Waals surface area contributed by atoms with Crippen molar-refractivity contribution < 1.29 is 23.5 Å². The van der Waals surface area contributed by atoms with Gasteiger partial charge >= 0.3 is 5.69 Å². The Morgan fingerprint density at radius 3 is 2.52 bits per heavy atom. The van der Waals surface area contributed by atoms with Gasteiger partial charge < -0.3 is 9.84 Å². The highest BCUT2D eigenvalue weighted by atomic mass is 19.1. The molecule has 7 heteroatoms. The molecule has 21 heavy (non-hydrogen) atoms. The fraction of sp³-hybridized carbons (Fsp3) is 0.143. The lowest BCUT2D eigenvalue weighted by molar-refractivity contribution is -0.387. The quantitative estimate of drug-likeness (QED) is 0.689. The van der Waals surface area contributed by atoms with Crippen molar-refractivity contribution in [1.82, 2.24) is 0 Å². The van der Waals surface area contributed by atoms with Crippen LogP contribution in [0.2, 0.25) is 0 Å². The van der Waals surface area contributed by atoms with E-state index < -0.39 is 28.3 Å². The first-order valence-corrected chi connectivity index (χ1v) is 5.98. The van der Waals surface area contributed by atoms with Crippen molar-refractivity contribution in [3.05, 3.63) is 63.7 Å². The zero-order chi connectivity index (χ0) is 15.6. The van der Waals surface area contributed by atoms with Crippen molar-refractivity contribution in [2.45, 2.75) is 13.0 Å². The SMILES string of the molecule is C[C@H](O)c1cccc(F)c1Oc1ccc([N+](=O)[O-])c(F)c1. The Morgan fingerprint density at radius 2 is 1.95 bits per heavy atom. The summed E-state index contributed by atoms with van der Waals surface area (Å²) >= 11 is 0. The van der Waals surface area contributed by atoms with Crippen LogP contribution in [0.4, 0.5) is 14.5 Å². The largest absolute Gasteiger partial charge is 0.454 e. The minimum absolute atomic E-state index is 0.106. The fourth-order valence-corrected chi connectivity index (χ4v) is 1.78. The predicted octanol–water partition coefficient (Wildman–Crippen LogP) is 3.72. The summed E-state index contributed by atoms with van der Waals surface area (Å²) in [4.78, 5) is 9.65. The number of nitrogens with zero attached hydrogens (tertiary/aromatic N) is 1. The van der Waals surface area contributed by atoms with E-state index in [2.05, 4.69) is 0 Å². The number of ether oxygens (including phenoxy) is 1. The lowest BCUT2D eigenvalue weighted by atomic mass is 10.1. The van der Waals surface area contributed by atoms with Crippen LogP contribution in [-0.4, -0.2) is 10.0 Å². The first kappa shape index (κ1) is 14.9. The second-order valence-corrected chi connectivity index (χ2v) is 4.31. The third-order valence-corrected chi connectivity index (χ3v) is 2.78. The van der Waals surface area contributed by atoms with Crippen LogP contribution in [0.3, 0.4) is 0 Å². The van der Waals surface area contributed by atoms with Crippen molar-refractivity contribution >= 4 is 5.69 Å². The number of benzene rings is 2. The Morgan fingerprint density at radius 1 is 1.24 bits per heavy atom. The Labute approximate surface area is 118 Å². The molecular weight excluding hydrogens is 284 g/mol. The molecule has 0 aliphatic heterocycles. The van der Waals surface area contributed by atoms with Gasteiger partial charge in [-0.25, -0.2) is 4.39 Å². The average Bonchev–Trinajstić information content (AvgIpc) is 2.40. The van der Waals surface area contributed by atoms with Gasteiger partial charge in [0.25, 0.3) is 0 Å². The molecule has 0 bridgehead atoms. The van der Waals surface area contributed by atoms with Crippen LogP contribution < -0.4 is 4.74 Å². The molecule has 0 amide bonds. The van der Waals surface area contributed by atoms with Gasteiger partial charge in [-0.1, -0.05) is 12.1 Å². The van der Waals surface area contributed by atoms with E-state index in [0.29, 0.717) is 0 Å². The van der Waals surface area contributed by atoms with Crippen LogP contribution in [0, 0.1) is 21.7 Å². The second kappa shape index (κ2) is 5.84. The van der Waals surface area contributed by atoms with Gasteiger partial charge in [-0.3, -0.25) is 10.1 Å². The summed E-state index contributed by atoms with van der Waals surface area (Å²) in [7, 11) is 0. The molecule has 2 aromatic carbocycles. The number of nitro benzene ring substituents is 1. The van der Waals surface area contributed by atoms with Gasteiger partial charge in [-0.05, 0) is 19.1 Å². The van der Waals surface area contributed by atoms with E-state index in [1.54, 1.807) is 0 Å². The Balaban J connectivity index is 2.39. The molecule has 0 aromatic heterocycles. The number of hydrogen-bond acceptors (Lipinski definition) is 4. The van der Waals surface area contributed by atoms with Gasteiger partial charge in [0, 0.05) is 17.7 Å².